The molecule has 1 heterocycles. The monoisotopic (exact) mass is 297 g/mol. The molecule has 2 N–H and O–H groups in total. The topological polar surface area (TPSA) is 58.6 Å². The van der Waals surface area contributed by atoms with Crippen molar-refractivity contribution in [1.82, 2.24) is 5.32 Å². The first-order valence-electron chi connectivity index (χ1n) is 6.97. The van der Waals surface area contributed by atoms with Crippen LogP contribution in [0.2, 0.25) is 0 Å². The molecule has 1 aromatic rings. The second-order valence-corrected chi connectivity index (χ2v) is 6.80. The lowest BCUT2D eigenvalue weighted by atomic mass is 9.56. The minimum atomic E-state index is -0.896. The van der Waals surface area contributed by atoms with Crippen LogP contribution in [-0.2, 0) is 4.74 Å². The molecule has 0 bridgehead atoms. The smallest absolute Gasteiger partial charge is 0.252 e. The zero-order valence-electron chi connectivity index (χ0n) is 12.5. The van der Waals surface area contributed by atoms with Crippen LogP contribution in [0.1, 0.15) is 43.1 Å². The molecule has 112 valence electrons. The van der Waals surface area contributed by atoms with E-state index in [1.54, 1.807) is 0 Å². The van der Waals surface area contributed by atoms with E-state index in [4.69, 9.17) is 4.74 Å². The van der Waals surface area contributed by atoms with Gasteiger partial charge in [0.2, 0.25) is 0 Å². The largest absolute Gasteiger partial charge is 0.387 e. The quantitative estimate of drug-likeness (QED) is 0.877. The molecule has 1 aromatic heterocycles. The van der Waals surface area contributed by atoms with Crippen LogP contribution in [-0.4, -0.2) is 35.9 Å². The average molecular weight is 297 g/mol. The number of carbonyl (C=O) groups excluding carboxylic acids is 1. The highest BCUT2D eigenvalue weighted by molar-refractivity contribution is 7.08. The van der Waals surface area contributed by atoms with Gasteiger partial charge in [0.1, 0.15) is 0 Å². The Labute approximate surface area is 124 Å². The Bertz CT molecular complexity index is 497. The van der Waals surface area contributed by atoms with Crippen molar-refractivity contribution in [2.45, 2.75) is 45.8 Å². The summed E-state index contributed by atoms with van der Waals surface area (Å²) in [5.74, 6) is -0.118. The van der Waals surface area contributed by atoms with E-state index in [1.165, 1.54) is 11.3 Å². The number of amides is 1. The first-order valence-corrected chi connectivity index (χ1v) is 7.91. The van der Waals surface area contributed by atoms with Gasteiger partial charge in [0.05, 0.1) is 17.3 Å². The van der Waals surface area contributed by atoms with E-state index < -0.39 is 5.60 Å². The van der Waals surface area contributed by atoms with Gasteiger partial charge in [-0.25, -0.2) is 0 Å². The molecule has 2 atom stereocenters. The molecule has 0 aromatic carbocycles. The molecule has 20 heavy (non-hydrogen) atoms. The first kappa shape index (κ1) is 15.5. The number of aryl methyl sites for hydroxylation is 1. The molecule has 1 fully saturated rings. The fraction of sp³-hybridized carbons (Fsp3) is 0.667. The number of ether oxygens (including phenoxy) is 1. The summed E-state index contributed by atoms with van der Waals surface area (Å²) in [6.07, 6.45) is 0.619. The SMILES string of the molecule is CCO[C@@H]1C[C@@](O)(CNC(=O)c2cscc2C)C1(C)C. The zero-order chi connectivity index (χ0) is 15.0. The van der Waals surface area contributed by atoms with Crippen molar-refractivity contribution >= 4 is 17.2 Å². The number of hydrogen-bond donors (Lipinski definition) is 2. The van der Waals surface area contributed by atoms with Crippen LogP contribution in [0.3, 0.4) is 0 Å². The summed E-state index contributed by atoms with van der Waals surface area (Å²) in [7, 11) is 0. The third-order valence-corrected chi connectivity index (χ3v) is 5.40. The Morgan fingerprint density at radius 2 is 2.25 bits per heavy atom. The lowest BCUT2D eigenvalue weighted by Crippen LogP contribution is -2.68. The summed E-state index contributed by atoms with van der Waals surface area (Å²) >= 11 is 1.51. The molecule has 5 heteroatoms. The van der Waals surface area contributed by atoms with Gasteiger partial charge in [-0.1, -0.05) is 13.8 Å². The van der Waals surface area contributed by atoms with E-state index in [0.29, 0.717) is 18.6 Å². The van der Waals surface area contributed by atoms with E-state index in [2.05, 4.69) is 5.32 Å². The van der Waals surface area contributed by atoms with Crippen LogP contribution in [0.4, 0.5) is 0 Å². The predicted octanol–water partition coefficient (Wildman–Crippen LogP) is 2.35. The predicted molar refractivity (Wildman–Crippen MR) is 80.2 cm³/mol. The van der Waals surface area contributed by atoms with Gasteiger partial charge >= 0.3 is 0 Å². The molecule has 0 unspecified atom stereocenters. The van der Waals surface area contributed by atoms with Crippen molar-refractivity contribution in [3.63, 3.8) is 0 Å². The summed E-state index contributed by atoms with van der Waals surface area (Å²) in [5, 5.41) is 17.3. The van der Waals surface area contributed by atoms with Gasteiger partial charge in [-0.3, -0.25) is 4.79 Å². The Balaban J connectivity index is 1.95. The number of hydrogen-bond acceptors (Lipinski definition) is 4. The van der Waals surface area contributed by atoms with Crippen molar-refractivity contribution in [1.29, 1.82) is 0 Å². The molecule has 0 spiro atoms. The van der Waals surface area contributed by atoms with Gasteiger partial charge in [-0.2, -0.15) is 11.3 Å². The first-order chi connectivity index (χ1) is 9.32. The van der Waals surface area contributed by atoms with Crippen LogP contribution in [0, 0.1) is 12.3 Å². The van der Waals surface area contributed by atoms with Gasteiger partial charge in [0.15, 0.2) is 0 Å². The Morgan fingerprint density at radius 1 is 1.55 bits per heavy atom. The van der Waals surface area contributed by atoms with Crippen molar-refractivity contribution in [2.24, 2.45) is 5.41 Å². The molecule has 1 aliphatic rings. The van der Waals surface area contributed by atoms with Crippen LogP contribution in [0.25, 0.3) is 0 Å². The van der Waals surface area contributed by atoms with Crippen molar-refractivity contribution in [3.8, 4) is 0 Å². The normalized spacial score (nSPS) is 27.9. The maximum Gasteiger partial charge on any atom is 0.252 e. The summed E-state index contributed by atoms with van der Waals surface area (Å²) < 4.78 is 5.62. The molecule has 1 amide bonds. The van der Waals surface area contributed by atoms with Gasteiger partial charge in [0.25, 0.3) is 5.91 Å². The molecule has 1 saturated carbocycles. The van der Waals surface area contributed by atoms with E-state index >= 15 is 0 Å². The molecular weight excluding hydrogens is 274 g/mol. The third kappa shape index (κ3) is 2.50. The molecule has 0 saturated heterocycles. The molecule has 2 rings (SSSR count). The van der Waals surface area contributed by atoms with Crippen molar-refractivity contribution in [3.05, 3.63) is 21.9 Å². The standard InChI is InChI=1S/C15H23NO3S/c1-5-19-12-6-15(18,14(12,3)4)9-16-13(17)11-8-20-7-10(11)2/h7-8,12,18H,5-6,9H2,1-4H3,(H,16,17)/t12-,15-/m1/s1. The lowest BCUT2D eigenvalue weighted by molar-refractivity contribution is -0.237. The Kier molecular flexibility index (Phi) is 4.23. The maximum atomic E-state index is 12.1. The summed E-state index contributed by atoms with van der Waals surface area (Å²) in [5.41, 5.74) is 0.420. The lowest BCUT2D eigenvalue weighted by Gasteiger charge is -2.57. The van der Waals surface area contributed by atoms with E-state index in [9.17, 15) is 9.90 Å². The fourth-order valence-corrected chi connectivity index (χ4v) is 3.50. The number of nitrogens with one attached hydrogen (secondary N) is 1. The highest BCUT2D eigenvalue weighted by Crippen LogP contribution is 2.50. The van der Waals surface area contributed by atoms with Crippen molar-refractivity contribution < 1.29 is 14.6 Å². The fourth-order valence-electron chi connectivity index (χ4n) is 2.68. The van der Waals surface area contributed by atoms with Gasteiger partial charge < -0.3 is 15.2 Å². The minimum Gasteiger partial charge on any atom is -0.387 e. The van der Waals surface area contributed by atoms with E-state index in [0.717, 1.165) is 5.56 Å². The number of aliphatic hydroxyl groups is 1. The van der Waals surface area contributed by atoms with Crippen molar-refractivity contribution in [2.75, 3.05) is 13.2 Å². The van der Waals surface area contributed by atoms with Gasteiger partial charge in [-0.05, 0) is 24.8 Å². The number of rotatable bonds is 5. The minimum absolute atomic E-state index is 0.0530. The summed E-state index contributed by atoms with van der Waals surface area (Å²) in [4.78, 5) is 12.1. The molecule has 0 aliphatic heterocycles. The molecular formula is C15H23NO3S. The average Bonchev–Trinajstić information content (AvgIpc) is 2.82. The van der Waals surface area contributed by atoms with E-state index in [-0.39, 0.29) is 24.0 Å². The summed E-state index contributed by atoms with van der Waals surface area (Å²) in [6.45, 7) is 8.74. The van der Waals surface area contributed by atoms with Crippen LogP contribution < -0.4 is 5.32 Å². The highest BCUT2D eigenvalue weighted by atomic mass is 32.1. The molecule has 4 nitrogen and oxygen atoms in total. The van der Waals surface area contributed by atoms with Crippen LogP contribution >= 0.6 is 11.3 Å². The van der Waals surface area contributed by atoms with Crippen LogP contribution in [0.15, 0.2) is 10.8 Å². The third-order valence-electron chi connectivity index (χ3n) is 4.54. The van der Waals surface area contributed by atoms with E-state index in [1.807, 2.05) is 38.5 Å². The van der Waals surface area contributed by atoms with Gasteiger partial charge in [-0.15, -0.1) is 0 Å². The zero-order valence-corrected chi connectivity index (χ0v) is 13.3. The second kappa shape index (κ2) is 5.47. The Hall–Kier alpha value is -0.910. The van der Waals surface area contributed by atoms with Crippen LogP contribution in [0.5, 0.6) is 0 Å². The highest BCUT2D eigenvalue weighted by Gasteiger charge is 2.59. The van der Waals surface area contributed by atoms with Gasteiger partial charge in [0, 0.05) is 30.4 Å². The maximum absolute atomic E-state index is 12.1. The second-order valence-electron chi connectivity index (χ2n) is 6.05. The number of carbonyl (C=O) groups is 1. The molecule has 1 aliphatic carbocycles. The Morgan fingerprint density at radius 3 is 2.75 bits per heavy atom. The molecule has 0 radical (unpaired) electrons. The summed E-state index contributed by atoms with van der Waals surface area (Å²) in [6, 6.07) is 0. The number of thiophene rings is 1.